The number of anilines is 1. The number of aromatic nitrogens is 3. The molecule has 0 spiro atoms. The van der Waals surface area contributed by atoms with Gasteiger partial charge in [-0.1, -0.05) is 0 Å². The van der Waals surface area contributed by atoms with Crippen molar-refractivity contribution >= 4 is 17.4 Å². The van der Waals surface area contributed by atoms with Crippen LogP contribution in [0.4, 0.5) is 23.4 Å². The summed E-state index contributed by atoms with van der Waals surface area (Å²) in [5.41, 5.74) is -0.486. The van der Waals surface area contributed by atoms with E-state index in [9.17, 15) is 23.1 Å². The zero-order valence-electron chi connectivity index (χ0n) is 18.9. The minimum atomic E-state index is -4.24. The van der Waals surface area contributed by atoms with Gasteiger partial charge in [0.1, 0.15) is 5.69 Å². The fraction of sp³-hybridized carbons (Fsp3) is 0.682. The summed E-state index contributed by atoms with van der Waals surface area (Å²) >= 11 is 0. The molecule has 1 aliphatic carbocycles. The number of carboxylic acids is 1. The molecule has 2 fully saturated rings. The average Bonchev–Trinajstić information content (AvgIpc) is 3.08. The molecule has 33 heavy (non-hydrogen) atoms. The number of fused-ring (bicyclic) bond motifs is 1. The number of rotatable bonds is 4. The Bertz CT molecular complexity index is 1060. The summed E-state index contributed by atoms with van der Waals surface area (Å²) in [6.07, 6.45) is -2.86. The molecule has 4 rings (SSSR count). The molecule has 1 saturated heterocycles. The zero-order valence-corrected chi connectivity index (χ0v) is 18.9. The van der Waals surface area contributed by atoms with Crippen molar-refractivity contribution in [2.45, 2.75) is 64.5 Å². The van der Waals surface area contributed by atoms with E-state index in [1.807, 2.05) is 4.90 Å². The molecule has 0 amide bonds. The number of ether oxygens (including phenoxy) is 1. The molecule has 0 bridgehead atoms. The quantitative estimate of drug-likeness (QED) is 0.649. The summed E-state index contributed by atoms with van der Waals surface area (Å²) in [5.74, 6) is -2.58. The fourth-order valence-corrected chi connectivity index (χ4v) is 5.18. The Morgan fingerprint density at radius 1 is 1.24 bits per heavy atom. The molecule has 2 aliphatic rings. The van der Waals surface area contributed by atoms with Gasteiger partial charge < -0.3 is 14.7 Å². The second kappa shape index (κ2) is 8.32. The van der Waals surface area contributed by atoms with Crippen LogP contribution in [0.15, 0.2) is 0 Å². The van der Waals surface area contributed by atoms with E-state index in [4.69, 9.17) is 4.74 Å². The van der Waals surface area contributed by atoms with Gasteiger partial charge in [0.05, 0.1) is 24.1 Å². The molecular formula is C22H28F4N4O3. The Balaban J connectivity index is 1.76. The first-order valence-electron chi connectivity index (χ1n) is 11.1. The van der Waals surface area contributed by atoms with E-state index >= 15 is 4.39 Å². The molecule has 1 atom stereocenters. The molecule has 1 saturated carbocycles. The Morgan fingerprint density at radius 3 is 2.48 bits per heavy atom. The number of aryl methyl sites for hydroxylation is 1. The Hall–Kier alpha value is -2.59. The normalized spacial score (nSPS) is 26.6. The molecule has 0 radical (unpaired) electrons. The minimum Gasteiger partial charge on any atom is -0.491 e. The van der Waals surface area contributed by atoms with Gasteiger partial charge in [-0.2, -0.15) is 22.8 Å². The number of aliphatic carboxylic acids is 1. The smallest absolute Gasteiger partial charge is 0.391 e. The number of nitrogens with zero attached hydrogens (tertiary/aromatic N) is 4. The van der Waals surface area contributed by atoms with Crippen LogP contribution in [0.25, 0.3) is 5.65 Å². The Labute approximate surface area is 188 Å². The molecule has 11 heteroatoms. The van der Waals surface area contributed by atoms with E-state index in [1.165, 1.54) is 11.6 Å². The number of carboxylic acid groups (broad SMARTS) is 1. The van der Waals surface area contributed by atoms with Gasteiger partial charge in [0.15, 0.2) is 23.0 Å². The summed E-state index contributed by atoms with van der Waals surface area (Å²) in [6, 6.07) is 0. The van der Waals surface area contributed by atoms with Crippen molar-refractivity contribution in [1.29, 1.82) is 0 Å². The predicted octanol–water partition coefficient (Wildman–Crippen LogP) is 4.71. The van der Waals surface area contributed by atoms with Gasteiger partial charge in [-0.3, -0.25) is 4.79 Å². The summed E-state index contributed by atoms with van der Waals surface area (Å²) in [6.45, 7) is 4.06. The van der Waals surface area contributed by atoms with Crippen molar-refractivity contribution in [2.75, 3.05) is 25.1 Å². The van der Waals surface area contributed by atoms with E-state index in [2.05, 4.69) is 10.1 Å². The SMILES string of the molecule is COc1c(C)nc2c(F)c([C@H]3CC[C@H](C(F)(F)F)CC3)nn2c1N1CCCC(C)(C(=O)O)C1. The highest BCUT2D eigenvalue weighted by Gasteiger charge is 2.43. The maximum atomic E-state index is 15.5. The van der Waals surface area contributed by atoms with Crippen LogP contribution in [0.2, 0.25) is 0 Å². The largest absolute Gasteiger partial charge is 0.491 e. The number of methoxy groups -OCH3 is 1. The first-order chi connectivity index (χ1) is 15.5. The molecule has 7 nitrogen and oxygen atoms in total. The number of alkyl halides is 3. The van der Waals surface area contributed by atoms with Gasteiger partial charge in [-0.15, -0.1) is 0 Å². The van der Waals surface area contributed by atoms with Crippen molar-refractivity contribution in [1.82, 2.24) is 14.6 Å². The lowest BCUT2D eigenvalue weighted by atomic mass is 9.80. The number of carbonyl (C=O) groups is 1. The molecular weight excluding hydrogens is 444 g/mol. The number of hydrogen-bond donors (Lipinski definition) is 1. The average molecular weight is 472 g/mol. The van der Waals surface area contributed by atoms with E-state index in [0.29, 0.717) is 36.6 Å². The topological polar surface area (TPSA) is 80.0 Å². The summed E-state index contributed by atoms with van der Waals surface area (Å²) in [4.78, 5) is 18.0. The first-order valence-corrected chi connectivity index (χ1v) is 11.1. The lowest BCUT2D eigenvalue weighted by Crippen LogP contribution is -2.47. The molecule has 2 aromatic rings. The summed E-state index contributed by atoms with van der Waals surface area (Å²) in [5, 5.41) is 14.2. The summed E-state index contributed by atoms with van der Waals surface area (Å²) < 4.78 is 61.5. The number of piperidine rings is 1. The lowest BCUT2D eigenvalue weighted by molar-refractivity contribution is -0.182. The molecule has 1 aliphatic heterocycles. The monoisotopic (exact) mass is 472 g/mol. The molecule has 1 unspecified atom stereocenters. The van der Waals surface area contributed by atoms with Crippen LogP contribution >= 0.6 is 0 Å². The Kier molecular flexibility index (Phi) is 5.94. The van der Waals surface area contributed by atoms with Gasteiger partial charge in [-0.05, 0) is 52.4 Å². The van der Waals surface area contributed by atoms with Crippen LogP contribution in [-0.4, -0.2) is 52.0 Å². The number of halogens is 4. The molecule has 0 aromatic carbocycles. The van der Waals surface area contributed by atoms with Gasteiger partial charge in [0, 0.05) is 19.0 Å². The Morgan fingerprint density at radius 2 is 1.91 bits per heavy atom. The maximum Gasteiger partial charge on any atom is 0.391 e. The van der Waals surface area contributed by atoms with Crippen LogP contribution in [0.1, 0.15) is 62.8 Å². The molecule has 1 N–H and O–H groups in total. The van der Waals surface area contributed by atoms with Crippen molar-refractivity contribution < 1.29 is 32.2 Å². The van der Waals surface area contributed by atoms with Gasteiger partial charge in [-0.25, -0.2) is 9.37 Å². The van der Waals surface area contributed by atoms with E-state index in [1.54, 1.807) is 13.8 Å². The van der Waals surface area contributed by atoms with Crippen LogP contribution in [0.3, 0.4) is 0 Å². The van der Waals surface area contributed by atoms with E-state index < -0.39 is 35.2 Å². The molecule has 3 heterocycles. The van der Waals surface area contributed by atoms with Crippen molar-refractivity contribution in [3.8, 4) is 5.75 Å². The standard InChI is InChI=1S/C22H28F4N4O3/c1-12-17(33-3)19(29-10-4-9-21(2,11-29)20(31)32)30-18(27-12)15(23)16(28-30)13-5-7-14(8-6-13)22(24,25)26/h13-14H,4-11H2,1-3H3,(H,31,32)/t13-,14-,21?. The van der Waals surface area contributed by atoms with Crippen LogP contribution in [-0.2, 0) is 4.79 Å². The molecule has 2 aromatic heterocycles. The van der Waals surface area contributed by atoms with Crippen LogP contribution < -0.4 is 9.64 Å². The van der Waals surface area contributed by atoms with Crippen molar-refractivity contribution in [3.05, 3.63) is 17.2 Å². The third-order valence-corrected chi connectivity index (χ3v) is 7.13. The van der Waals surface area contributed by atoms with Gasteiger partial charge >= 0.3 is 12.1 Å². The third kappa shape index (κ3) is 4.10. The minimum absolute atomic E-state index is 0.0288. The van der Waals surface area contributed by atoms with E-state index in [-0.39, 0.29) is 43.6 Å². The van der Waals surface area contributed by atoms with Crippen molar-refractivity contribution in [3.63, 3.8) is 0 Å². The number of hydrogen-bond acceptors (Lipinski definition) is 5. The van der Waals surface area contributed by atoms with Crippen molar-refractivity contribution in [2.24, 2.45) is 11.3 Å². The lowest BCUT2D eigenvalue weighted by Gasteiger charge is -2.39. The maximum absolute atomic E-state index is 15.5. The summed E-state index contributed by atoms with van der Waals surface area (Å²) in [7, 11) is 1.46. The third-order valence-electron chi connectivity index (χ3n) is 7.13. The van der Waals surface area contributed by atoms with Gasteiger partial charge in [0.2, 0.25) is 0 Å². The zero-order chi connectivity index (χ0) is 24.1. The molecule has 182 valence electrons. The van der Waals surface area contributed by atoms with Gasteiger partial charge in [0.25, 0.3) is 0 Å². The fourth-order valence-electron chi connectivity index (χ4n) is 5.18. The highest BCUT2D eigenvalue weighted by molar-refractivity contribution is 5.76. The highest BCUT2D eigenvalue weighted by Crippen LogP contribution is 2.44. The second-order valence-electron chi connectivity index (χ2n) is 9.47. The first kappa shape index (κ1) is 23.6. The van der Waals surface area contributed by atoms with Crippen LogP contribution in [0, 0.1) is 24.1 Å². The highest BCUT2D eigenvalue weighted by atomic mass is 19.4. The van der Waals surface area contributed by atoms with Crippen LogP contribution in [0.5, 0.6) is 5.75 Å². The predicted molar refractivity (Wildman–Crippen MR) is 112 cm³/mol. The van der Waals surface area contributed by atoms with E-state index in [0.717, 1.165) is 0 Å². The second-order valence-corrected chi connectivity index (χ2v) is 9.47.